The third-order valence-corrected chi connectivity index (χ3v) is 5.88. The van der Waals surface area contributed by atoms with Crippen molar-refractivity contribution >= 4 is 0 Å². The van der Waals surface area contributed by atoms with Gasteiger partial charge in [0, 0.05) is 13.3 Å². The number of hydrogen-bond acceptors (Lipinski definition) is 3. The fourth-order valence-corrected chi connectivity index (χ4v) is 3.90. The lowest BCUT2D eigenvalue weighted by atomic mass is 9.55. The highest BCUT2D eigenvalue weighted by Gasteiger charge is 2.96. The van der Waals surface area contributed by atoms with Crippen LogP contribution in [0.25, 0.3) is 0 Å². The molecule has 0 radical (unpaired) electrons. The van der Waals surface area contributed by atoms with Crippen molar-refractivity contribution in [2.75, 3.05) is 6.61 Å². The van der Waals surface area contributed by atoms with Crippen molar-refractivity contribution in [2.24, 2.45) is 0 Å². The van der Waals surface area contributed by atoms with Crippen molar-refractivity contribution < 1.29 is 84.8 Å². The second-order valence-electron chi connectivity index (χ2n) is 8.12. The summed E-state index contributed by atoms with van der Waals surface area (Å²) >= 11 is 0. The Morgan fingerprint density at radius 3 is 1.47 bits per heavy atom. The third-order valence-electron chi connectivity index (χ3n) is 5.88. The monoisotopic (exact) mass is 574 g/mol. The predicted molar refractivity (Wildman–Crippen MR) is 85.2 cm³/mol. The molecule has 3 nitrogen and oxygen atoms in total. The van der Waals surface area contributed by atoms with E-state index in [9.17, 15) is 52.7 Å². The molecule has 19 heteroatoms. The smallest absolute Gasteiger partial charge is 0.387 e. The zero-order valence-corrected chi connectivity index (χ0v) is 18.1. The first-order valence-electron chi connectivity index (χ1n) is 9.59. The van der Waals surface area contributed by atoms with Gasteiger partial charge in [0.05, 0.1) is 0 Å². The van der Waals surface area contributed by atoms with Crippen LogP contribution in [0, 0.1) is 0 Å². The van der Waals surface area contributed by atoms with Gasteiger partial charge < -0.3 is 5.11 Å². The second kappa shape index (κ2) is 8.64. The highest BCUT2D eigenvalue weighted by atomic mass is 19.3. The first kappa shape index (κ1) is 32.8. The average molecular weight is 574 g/mol. The number of aliphatic hydroxyl groups excluding tert-OH is 1. The molecule has 0 aromatic heterocycles. The van der Waals surface area contributed by atoms with Gasteiger partial charge in [-0.3, -0.25) is 0 Å². The molecule has 1 aliphatic rings. The zero-order valence-electron chi connectivity index (χ0n) is 18.1. The van der Waals surface area contributed by atoms with Gasteiger partial charge in [0.25, 0.3) is 11.6 Å². The molecule has 1 aliphatic carbocycles. The number of hydrogen-bond donors (Lipinski definition) is 1. The normalized spacial score (nSPS) is 34.7. The van der Waals surface area contributed by atoms with E-state index in [0.717, 1.165) is 0 Å². The van der Waals surface area contributed by atoms with Crippen LogP contribution < -0.4 is 0 Å². The first-order valence-corrected chi connectivity index (χ1v) is 9.59. The molecular formula is C17H18F16O3. The minimum absolute atomic E-state index is 0.291. The fourth-order valence-electron chi connectivity index (χ4n) is 3.90. The molecule has 0 bridgehead atoms. The van der Waals surface area contributed by atoms with E-state index in [0.29, 0.717) is 13.8 Å². The van der Waals surface area contributed by atoms with E-state index in [1.54, 1.807) is 0 Å². The molecule has 1 fully saturated rings. The molecule has 0 aromatic rings. The lowest BCUT2D eigenvalue weighted by Gasteiger charge is -2.60. The summed E-state index contributed by atoms with van der Waals surface area (Å²) in [5, 5.41) is 8.08. The molecule has 4 unspecified atom stereocenters. The highest BCUT2D eigenvalue weighted by molar-refractivity contribution is 5.32. The first-order chi connectivity index (χ1) is 15.6. The van der Waals surface area contributed by atoms with Gasteiger partial charge in [0.1, 0.15) is 6.61 Å². The molecule has 1 saturated carbocycles. The molecule has 0 spiro atoms. The van der Waals surface area contributed by atoms with Gasteiger partial charge in [0.15, 0.2) is 5.67 Å². The summed E-state index contributed by atoms with van der Waals surface area (Å²) in [7, 11) is 0. The van der Waals surface area contributed by atoms with E-state index in [4.69, 9.17) is 5.11 Å². The maximum atomic E-state index is 15.5. The van der Waals surface area contributed by atoms with Crippen LogP contribution >= 0.6 is 0 Å². The van der Waals surface area contributed by atoms with Gasteiger partial charge >= 0.3 is 30.4 Å². The summed E-state index contributed by atoms with van der Waals surface area (Å²) in [6.07, 6.45) is -34.4. The Bertz CT molecular complexity index is 816. The summed E-state index contributed by atoms with van der Waals surface area (Å²) in [5.74, 6) is -13.0. The fraction of sp³-hybridized carbons (Fsp3) is 1.00. The van der Waals surface area contributed by atoms with Crippen LogP contribution in [0.2, 0.25) is 0 Å². The van der Waals surface area contributed by atoms with Gasteiger partial charge in [-0.15, -0.1) is 0 Å². The minimum atomic E-state index is -7.34. The van der Waals surface area contributed by atoms with Gasteiger partial charge in [-0.05, 0) is 12.8 Å². The van der Waals surface area contributed by atoms with Gasteiger partial charge in [-0.2, -0.15) is 43.9 Å². The van der Waals surface area contributed by atoms with Crippen LogP contribution in [0.4, 0.5) is 70.2 Å². The summed E-state index contributed by atoms with van der Waals surface area (Å²) in [6, 6.07) is 0. The molecule has 1 rings (SSSR count). The SMILES string of the molecule is CCC1(F)CC(F)(C(F)(F)OC(F)(F)C(F)(F)OC(F)(F)CO)C(F)(C(C)(F)F)C(F)(F)C1(F)CC. The number of rotatable bonds is 10. The average Bonchev–Trinajstić information content (AvgIpc) is 2.68. The Morgan fingerprint density at radius 2 is 1.14 bits per heavy atom. The Kier molecular flexibility index (Phi) is 7.87. The lowest BCUT2D eigenvalue weighted by molar-refractivity contribution is -0.536. The summed E-state index contributed by atoms with van der Waals surface area (Å²) in [5.41, 5.74) is -23.6. The molecule has 0 aromatic carbocycles. The van der Waals surface area contributed by atoms with Crippen molar-refractivity contribution in [3.8, 4) is 0 Å². The van der Waals surface area contributed by atoms with E-state index >= 15 is 17.6 Å². The van der Waals surface area contributed by atoms with Gasteiger partial charge in [-0.25, -0.2) is 35.8 Å². The molecule has 4 atom stereocenters. The number of halogens is 16. The van der Waals surface area contributed by atoms with Crippen LogP contribution in [-0.4, -0.2) is 70.7 Å². The number of alkyl halides is 16. The van der Waals surface area contributed by atoms with Crippen LogP contribution in [0.15, 0.2) is 0 Å². The molecule has 1 N–H and O–H groups in total. The Morgan fingerprint density at radius 1 is 0.722 bits per heavy atom. The van der Waals surface area contributed by atoms with Gasteiger partial charge in [-0.1, -0.05) is 13.8 Å². The third kappa shape index (κ3) is 4.19. The van der Waals surface area contributed by atoms with Crippen molar-refractivity contribution in [3.05, 3.63) is 0 Å². The quantitative estimate of drug-likeness (QED) is 0.294. The molecular weight excluding hydrogens is 556 g/mol. The predicted octanol–water partition coefficient (Wildman–Crippen LogP) is 6.73. The van der Waals surface area contributed by atoms with E-state index in [-0.39, 0.29) is 0 Å². The molecule has 0 aliphatic heterocycles. The van der Waals surface area contributed by atoms with Crippen LogP contribution in [0.3, 0.4) is 0 Å². The maximum Gasteiger partial charge on any atom is 0.453 e. The number of aliphatic hydroxyl groups is 1. The molecule has 0 saturated heterocycles. The zero-order chi connectivity index (χ0) is 29.2. The van der Waals surface area contributed by atoms with Crippen LogP contribution in [0.1, 0.15) is 40.0 Å². The highest BCUT2D eigenvalue weighted by Crippen LogP contribution is 2.71. The molecule has 36 heavy (non-hydrogen) atoms. The van der Waals surface area contributed by atoms with E-state index in [1.165, 1.54) is 0 Å². The van der Waals surface area contributed by atoms with Crippen molar-refractivity contribution in [1.82, 2.24) is 0 Å². The van der Waals surface area contributed by atoms with E-state index in [1.807, 2.05) is 4.74 Å². The minimum Gasteiger partial charge on any atom is -0.387 e. The molecule has 216 valence electrons. The molecule has 0 amide bonds. The summed E-state index contributed by atoms with van der Waals surface area (Å²) < 4.78 is 232. The molecule has 0 heterocycles. The van der Waals surface area contributed by atoms with Crippen LogP contribution in [-0.2, 0) is 9.47 Å². The van der Waals surface area contributed by atoms with E-state index in [2.05, 4.69) is 4.74 Å². The summed E-state index contributed by atoms with van der Waals surface area (Å²) in [6.45, 7) is -3.18. The van der Waals surface area contributed by atoms with Gasteiger partial charge in [0.2, 0.25) is 11.3 Å². The standard InChI is InChI=1S/C17H18F16O3/c1-4-9(20)6-11(22,13(25,8(3,18)19)14(26,27)10(9,21)5-2)15(28,29)36-17(32,33)16(30,31)35-12(23,24)7-34/h34H,4-7H2,1-3H3. The van der Waals surface area contributed by atoms with Crippen molar-refractivity contribution in [1.29, 1.82) is 0 Å². The lowest BCUT2D eigenvalue weighted by Crippen LogP contribution is -2.85. The van der Waals surface area contributed by atoms with Crippen molar-refractivity contribution in [3.63, 3.8) is 0 Å². The summed E-state index contributed by atoms with van der Waals surface area (Å²) in [4.78, 5) is 0. The maximum absolute atomic E-state index is 15.5. The number of ether oxygens (including phenoxy) is 2. The topological polar surface area (TPSA) is 38.7 Å². The second-order valence-corrected chi connectivity index (χ2v) is 8.12. The Hall–Kier alpha value is -1.24. The van der Waals surface area contributed by atoms with Crippen LogP contribution in [0.5, 0.6) is 0 Å². The Labute approximate surface area is 191 Å². The van der Waals surface area contributed by atoms with Crippen molar-refractivity contribution in [2.45, 2.75) is 99.0 Å². The Balaban J connectivity index is 3.89. The largest absolute Gasteiger partial charge is 0.453 e. The van der Waals surface area contributed by atoms with E-state index < -0.39 is 91.7 Å².